The summed E-state index contributed by atoms with van der Waals surface area (Å²) in [5.41, 5.74) is 1.86. The zero-order valence-corrected chi connectivity index (χ0v) is 22.1. The van der Waals surface area contributed by atoms with Crippen molar-refractivity contribution in [3.8, 4) is 0 Å². The van der Waals surface area contributed by atoms with Crippen molar-refractivity contribution in [3.63, 3.8) is 0 Å². The Bertz CT molecular complexity index is 889. The molecule has 5 aliphatic carbocycles. The number of esters is 1. The third kappa shape index (κ3) is 2.80. The first-order valence-electron chi connectivity index (χ1n) is 13.8. The number of hydrogen-bond acceptors (Lipinski definition) is 3. The van der Waals surface area contributed by atoms with Crippen LogP contribution in [0.2, 0.25) is 0 Å². The minimum Gasteiger partial charge on any atom is -0.469 e. The van der Waals surface area contributed by atoms with E-state index in [1.54, 1.807) is 12.7 Å². The van der Waals surface area contributed by atoms with E-state index in [4.69, 9.17) is 4.74 Å². The molecule has 0 bridgehead atoms. The zero-order chi connectivity index (χ0) is 24.0. The predicted molar refractivity (Wildman–Crippen MR) is 131 cm³/mol. The topological polar surface area (TPSA) is 43.4 Å². The summed E-state index contributed by atoms with van der Waals surface area (Å²) in [6.07, 6.45) is 12.1. The maximum absolute atomic E-state index is 13.3. The Balaban J connectivity index is 1.61. The van der Waals surface area contributed by atoms with Crippen molar-refractivity contribution >= 4 is 11.8 Å². The first kappa shape index (κ1) is 23.6. The number of fused-ring (bicyclic) bond motifs is 7. The van der Waals surface area contributed by atoms with Crippen LogP contribution < -0.4 is 0 Å². The standard InChI is InChI=1S/C30H46O3/c1-18-10-15-30(26(32)33-7)17-16-28(5)22(25(30)19(18)2)8-9-24-27(4)13-12-23(31)20(3)21(27)11-14-29(24,28)6/h8,18-21,24-25H,9-17H2,1-7H3/t18-,19+,20+,21+,24-,25+,27+,28-,29-,30+/m1/s1. The van der Waals surface area contributed by atoms with Gasteiger partial charge in [0.15, 0.2) is 0 Å². The van der Waals surface area contributed by atoms with E-state index < -0.39 is 0 Å². The van der Waals surface area contributed by atoms with Gasteiger partial charge in [-0.3, -0.25) is 9.59 Å². The maximum Gasteiger partial charge on any atom is 0.312 e. The highest BCUT2D eigenvalue weighted by Crippen LogP contribution is 2.74. The molecule has 0 heterocycles. The number of rotatable bonds is 1. The fraction of sp³-hybridized carbons (Fsp3) is 0.867. The fourth-order valence-electron chi connectivity index (χ4n) is 10.5. The minimum absolute atomic E-state index is 0.0387. The van der Waals surface area contributed by atoms with Gasteiger partial charge in [-0.1, -0.05) is 53.2 Å². The monoisotopic (exact) mass is 454 g/mol. The molecule has 3 heteroatoms. The van der Waals surface area contributed by atoms with E-state index in [1.165, 1.54) is 12.8 Å². The second-order valence-corrected chi connectivity index (χ2v) is 13.6. The highest BCUT2D eigenvalue weighted by molar-refractivity contribution is 5.82. The number of hydrogen-bond donors (Lipinski definition) is 0. The molecule has 4 fully saturated rings. The van der Waals surface area contributed by atoms with E-state index in [-0.39, 0.29) is 33.5 Å². The van der Waals surface area contributed by atoms with Gasteiger partial charge in [0, 0.05) is 12.3 Å². The molecule has 0 aromatic rings. The van der Waals surface area contributed by atoms with E-state index >= 15 is 0 Å². The summed E-state index contributed by atoms with van der Waals surface area (Å²) >= 11 is 0. The average Bonchev–Trinajstić information content (AvgIpc) is 2.79. The van der Waals surface area contributed by atoms with Crippen LogP contribution in [0.4, 0.5) is 0 Å². The molecule has 5 rings (SSSR count). The summed E-state index contributed by atoms with van der Waals surface area (Å²) in [4.78, 5) is 26.0. The Hall–Kier alpha value is -1.12. The van der Waals surface area contributed by atoms with E-state index in [1.807, 2.05) is 0 Å². The summed E-state index contributed by atoms with van der Waals surface area (Å²) in [5.74, 6) is 3.34. The van der Waals surface area contributed by atoms with Gasteiger partial charge in [0.05, 0.1) is 12.5 Å². The second kappa shape index (κ2) is 7.44. The third-order valence-corrected chi connectivity index (χ3v) is 12.9. The summed E-state index contributed by atoms with van der Waals surface area (Å²) in [5, 5.41) is 0. The molecule has 184 valence electrons. The van der Waals surface area contributed by atoms with Gasteiger partial charge in [-0.15, -0.1) is 0 Å². The van der Waals surface area contributed by atoms with Crippen molar-refractivity contribution < 1.29 is 14.3 Å². The molecule has 33 heavy (non-hydrogen) atoms. The molecule has 0 spiro atoms. The summed E-state index contributed by atoms with van der Waals surface area (Å²) < 4.78 is 5.49. The lowest BCUT2D eigenvalue weighted by Crippen LogP contribution is -2.64. The number of methoxy groups -OCH3 is 1. The molecule has 0 amide bonds. The molecular weight excluding hydrogens is 408 g/mol. The van der Waals surface area contributed by atoms with Crippen LogP contribution in [0.1, 0.15) is 99.3 Å². The molecule has 4 saturated carbocycles. The number of carbonyl (C=O) groups excluding carboxylic acids is 2. The zero-order valence-electron chi connectivity index (χ0n) is 22.1. The van der Waals surface area contributed by atoms with Gasteiger partial charge < -0.3 is 4.74 Å². The first-order chi connectivity index (χ1) is 15.5. The summed E-state index contributed by atoms with van der Waals surface area (Å²) in [6, 6.07) is 0. The van der Waals surface area contributed by atoms with Crippen molar-refractivity contribution in [2.45, 2.75) is 99.3 Å². The molecule has 0 saturated heterocycles. The number of allylic oxidation sites excluding steroid dienone is 2. The SMILES string of the molecule is COC(=O)[C@]12CC[C@@H](C)[C@H](C)[C@H]1C1=CC[C@@H]3[C@@]4(C)CCC(=O)[C@@H](C)[C@@H]4CC[C@@]3(C)[C@]1(C)CC2. The lowest BCUT2D eigenvalue weighted by molar-refractivity contribution is -0.184. The van der Waals surface area contributed by atoms with Crippen molar-refractivity contribution in [2.24, 2.45) is 57.2 Å². The molecule has 10 atom stereocenters. The van der Waals surface area contributed by atoms with E-state index in [9.17, 15) is 9.59 Å². The van der Waals surface area contributed by atoms with Crippen LogP contribution in [0.5, 0.6) is 0 Å². The molecule has 0 aromatic heterocycles. The fourth-order valence-corrected chi connectivity index (χ4v) is 10.5. The summed E-state index contributed by atoms with van der Waals surface area (Å²) in [6.45, 7) is 14.7. The highest BCUT2D eigenvalue weighted by atomic mass is 16.5. The molecule has 0 N–H and O–H groups in total. The van der Waals surface area contributed by atoms with Crippen LogP contribution in [0.15, 0.2) is 11.6 Å². The molecular formula is C30H46O3. The largest absolute Gasteiger partial charge is 0.469 e. The van der Waals surface area contributed by atoms with E-state index in [0.29, 0.717) is 35.4 Å². The lowest BCUT2D eigenvalue weighted by atomic mass is 9.34. The molecule has 0 radical (unpaired) electrons. The Morgan fingerprint density at radius 3 is 2.42 bits per heavy atom. The Morgan fingerprint density at radius 1 is 1.00 bits per heavy atom. The van der Waals surface area contributed by atoms with Crippen molar-refractivity contribution in [1.29, 1.82) is 0 Å². The predicted octanol–water partition coefficient (Wildman–Crippen LogP) is 7.00. The van der Waals surface area contributed by atoms with Crippen molar-refractivity contribution in [1.82, 2.24) is 0 Å². The Kier molecular flexibility index (Phi) is 5.32. The number of ketones is 1. The van der Waals surface area contributed by atoms with Gasteiger partial charge in [-0.2, -0.15) is 0 Å². The molecule has 0 aliphatic heterocycles. The van der Waals surface area contributed by atoms with Crippen LogP contribution in [0, 0.1) is 57.2 Å². The van der Waals surface area contributed by atoms with E-state index in [2.05, 4.69) is 47.6 Å². The van der Waals surface area contributed by atoms with Crippen LogP contribution in [-0.2, 0) is 14.3 Å². The maximum atomic E-state index is 13.3. The molecule has 0 unspecified atom stereocenters. The number of ether oxygens (including phenoxy) is 1. The minimum atomic E-state index is -0.331. The smallest absolute Gasteiger partial charge is 0.312 e. The molecule has 3 nitrogen and oxygen atoms in total. The Labute approximate surface area is 201 Å². The van der Waals surface area contributed by atoms with Crippen molar-refractivity contribution in [2.75, 3.05) is 7.11 Å². The second-order valence-electron chi connectivity index (χ2n) is 13.6. The summed E-state index contributed by atoms with van der Waals surface area (Å²) in [7, 11) is 1.59. The highest BCUT2D eigenvalue weighted by Gasteiger charge is 2.68. The first-order valence-corrected chi connectivity index (χ1v) is 13.8. The van der Waals surface area contributed by atoms with Crippen molar-refractivity contribution in [3.05, 3.63) is 11.6 Å². The number of Topliss-reactive ketones (excluding diaryl/α,β-unsaturated/α-hetero) is 1. The van der Waals surface area contributed by atoms with Gasteiger partial charge in [0.25, 0.3) is 0 Å². The lowest BCUT2D eigenvalue weighted by Gasteiger charge is -2.70. The number of carbonyl (C=O) groups is 2. The van der Waals surface area contributed by atoms with Crippen LogP contribution in [-0.4, -0.2) is 18.9 Å². The third-order valence-electron chi connectivity index (χ3n) is 12.9. The average molecular weight is 455 g/mol. The molecule has 0 aromatic carbocycles. The Morgan fingerprint density at radius 2 is 1.73 bits per heavy atom. The van der Waals surface area contributed by atoms with Crippen LogP contribution >= 0.6 is 0 Å². The van der Waals surface area contributed by atoms with Gasteiger partial charge in [0.2, 0.25) is 0 Å². The molecule has 5 aliphatic rings. The van der Waals surface area contributed by atoms with E-state index in [0.717, 1.165) is 44.9 Å². The van der Waals surface area contributed by atoms with Crippen LogP contribution in [0.3, 0.4) is 0 Å². The quantitative estimate of drug-likeness (QED) is 0.316. The van der Waals surface area contributed by atoms with Gasteiger partial charge >= 0.3 is 5.97 Å². The normalized spacial score (nSPS) is 53.7. The van der Waals surface area contributed by atoms with Gasteiger partial charge in [-0.05, 0) is 97.2 Å². The van der Waals surface area contributed by atoms with Gasteiger partial charge in [0.1, 0.15) is 5.78 Å². The van der Waals surface area contributed by atoms with Crippen LogP contribution in [0.25, 0.3) is 0 Å². The van der Waals surface area contributed by atoms with Gasteiger partial charge in [-0.25, -0.2) is 0 Å².